The van der Waals surface area contributed by atoms with Crippen LogP contribution in [0.2, 0.25) is 0 Å². The third kappa shape index (κ3) is 4.54. The standard InChI is InChI=1S/C16H29BrN4/c1-4-10-20(11-14-6-8-18-9-7-14)12-15-16(17)13(3)19-21(15)5-2/h14,18H,4-12H2,1-3H3. The zero-order chi connectivity index (χ0) is 15.2. The Morgan fingerprint density at radius 3 is 2.67 bits per heavy atom. The lowest BCUT2D eigenvalue weighted by Crippen LogP contribution is -2.36. The number of nitrogens with one attached hydrogen (secondary N) is 1. The second-order valence-electron chi connectivity index (χ2n) is 6.09. The van der Waals surface area contributed by atoms with Gasteiger partial charge in [0.05, 0.1) is 15.9 Å². The van der Waals surface area contributed by atoms with Gasteiger partial charge in [-0.25, -0.2) is 0 Å². The molecule has 1 aliphatic heterocycles. The highest BCUT2D eigenvalue weighted by atomic mass is 79.9. The zero-order valence-electron chi connectivity index (χ0n) is 13.7. The van der Waals surface area contributed by atoms with Crippen LogP contribution in [0, 0.1) is 12.8 Å². The fraction of sp³-hybridized carbons (Fsp3) is 0.812. The van der Waals surface area contributed by atoms with Crippen LogP contribution in [-0.2, 0) is 13.1 Å². The SMILES string of the molecule is CCCN(Cc1c(Br)c(C)nn1CC)CC1CCNCC1. The normalized spacial score (nSPS) is 16.8. The summed E-state index contributed by atoms with van der Waals surface area (Å²) in [5.74, 6) is 0.843. The molecule has 0 atom stereocenters. The van der Waals surface area contributed by atoms with Crippen molar-refractivity contribution in [3.05, 3.63) is 15.9 Å². The van der Waals surface area contributed by atoms with Gasteiger partial charge in [0.25, 0.3) is 0 Å². The summed E-state index contributed by atoms with van der Waals surface area (Å²) in [6, 6.07) is 0. The van der Waals surface area contributed by atoms with Gasteiger partial charge in [-0.15, -0.1) is 0 Å². The van der Waals surface area contributed by atoms with E-state index >= 15 is 0 Å². The summed E-state index contributed by atoms with van der Waals surface area (Å²) in [6.45, 7) is 13.2. The third-order valence-electron chi connectivity index (χ3n) is 4.34. The minimum atomic E-state index is 0.843. The molecule has 2 heterocycles. The van der Waals surface area contributed by atoms with Crippen LogP contribution >= 0.6 is 15.9 Å². The Labute approximate surface area is 137 Å². The van der Waals surface area contributed by atoms with Gasteiger partial charge in [0.1, 0.15) is 0 Å². The highest BCUT2D eigenvalue weighted by Crippen LogP contribution is 2.24. The Bertz CT molecular complexity index is 438. The fourth-order valence-electron chi connectivity index (χ4n) is 3.21. The maximum Gasteiger partial charge on any atom is 0.0739 e. The molecule has 0 saturated carbocycles. The first kappa shape index (κ1) is 17.0. The van der Waals surface area contributed by atoms with Gasteiger partial charge in [-0.2, -0.15) is 5.10 Å². The van der Waals surface area contributed by atoms with E-state index in [2.05, 4.69) is 56.7 Å². The predicted octanol–water partition coefficient (Wildman–Crippen LogP) is 3.19. The van der Waals surface area contributed by atoms with Crippen LogP contribution in [0.5, 0.6) is 0 Å². The molecule has 0 radical (unpaired) electrons. The maximum atomic E-state index is 4.62. The molecular weight excluding hydrogens is 328 g/mol. The van der Waals surface area contributed by atoms with Crippen LogP contribution in [0.15, 0.2) is 4.47 Å². The fourth-order valence-corrected chi connectivity index (χ4v) is 3.62. The maximum absolute atomic E-state index is 4.62. The van der Waals surface area contributed by atoms with Crippen molar-refractivity contribution in [3.63, 3.8) is 0 Å². The molecule has 1 aromatic rings. The van der Waals surface area contributed by atoms with Crippen LogP contribution in [0.4, 0.5) is 0 Å². The monoisotopic (exact) mass is 356 g/mol. The molecule has 120 valence electrons. The van der Waals surface area contributed by atoms with Crippen LogP contribution in [-0.4, -0.2) is 40.9 Å². The number of aryl methyl sites for hydroxylation is 2. The largest absolute Gasteiger partial charge is 0.317 e. The van der Waals surface area contributed by atoms with E-state index < -0.39 is 0 Å². The number of nitrogens with zero attached hydrogens (tertiary/aromatic N) is 3. The molecule has 1 saturated heterocycles. The van der Waals surface area contributed by atoms with E-state index in [-0.39, 0.29) is 0 Å². The molecule has 4 nitrogen and oxygen atoms in total. The van der Waals surface area contributed by atoms with Crippen molar-refractivity contribution in [2.24, 2.45) is 5.92 Å². The third-order valence-corrected chi connectivity index (χ3v) is 5.37. The lowest BCUT2D eigenvalue weighted by molar-refractivity contribution is 0.194. The number of rotatable bonds is 7. The molecule has 1 fully saturated rings. The molecule has 0 spiro atoms. The first-order chi connectivity index (χ1) is 10.2. The molecule has 0 aliphatic carbocycles. The smallest absolute Gasteiger partial charge is 0.0739 e. The summed E-state index contributed by atoms with van der Waals surface area (Å²) in [5, 5.41) is 8.08. The second-order valence-corrected chi connectivity index (χ2v) is 6.88. The van der Waals surface area contributed by atoms with E-state index in [0.29, 0.717) is 0 Å². The Balaban J connectivity index is 2.04. The second kappa shape index (κ2) is 8.30. The van der Waals surface area contributed by atoms with E-state index in [1.807, 2.05) is 0 Å². The van der Waals surface area contributed by atoms with Crippen molar-refractivity contribution >= 4 is 15.9 Å². The molecular formula is C16H29BrN4. The van der Waals surface area contributed by atoms with Gasteiger partial charge >= 0.3 is 0 Å². The van der Waals surface area contributed by atoms with Crippen molar-refractivity contribution in [2.45, 2.75) is 53.1 Å². The molecule has 1 aliphatic rings. The van der Waals surface area contributed by atoms with E-state index in [1.165, 1.54) is 55.6 Å². The van der Waals surface area contributed by atoms with Crippen molar-refractivity contribution < 1.29 is 0 Å². The summed E-state index contributed by atoms with van der Waals surface area (Å²) in [4.78, 5) is 2.61. The van der Waals surface area contributed by atoms with E-state index in [9.17, 15) is 0 Å². The lowest BCUT2D eigenvalue weighted by Gasteiger charge is -2.30. The van der Waals surface area contributed by atoms with Crippen LogP contribution < -0.4 is 5.32 Å². The van der Waals surface area contributed by atoms with E-state index in [4.69, 9.17) is 0 Å². The summed E-state index contributed by atoms with van der Waals surface area (Å²) < 4.78 is 3.33. The van der Waals surface area contributed by atoms with Crippen molar-refractivity contribution in [2.75, 3.05) is 26.2 Å². The molecule has 0 unspecified atom stereocenters. The number of aromatic nitrogens is 2. The number of hydrogen-bond donors (Lipinski definition) is 1. The van der Waals surface area contributed by atoms with Gasteiger partial charge in [-0.1, -0.05) is 6.92 Å². The minimum Gasteiger partial charge on any atom is -0.317 e. The topological polar surface area (TPSA) is 33.1 Å². The van der Waals surface area contributed by atoms with Gasteiger partial charge in [-0.3, -0.25) is 9.58 Å². The van der Waals surface area contributed by atoms with Crippen LogP contribution in [0.25, 0.3) is 0 Å². The molecule has 5 heteroatoms. The summed E-state index contributed by atoms with van der Waals surface area (Å²) in [5.41, 5.74) is 2.43. The van der Waals surface area contributed by atoms with E-state index in [0.717, 1.165) is 24.7 Å². The molecule has 0 amide bonds. The molecule has 0 aromatic carbocycles. The van der Waals surface area contributed by atoms with Gasteiger partial charge in [-0.05, 0) is 74.6 Å². The molecule has 1 N–H and O–H groups in total. The van der Waals surface area contributed by atoms with Gasteiger partial charge < -0.3 is 5.32 Å². The summed E-state index contributed by atoms with van der Waals surface area (Å²) in [6.07, 6.45) is 3.84. The Morgan fingerprint density at radius 1 is 1.33 bits per heavy atom. The van der Waals surface area contributed by atoms with Crippen molar-refractivity contribution in [1.29, 1.82) is 0 Å². The predicted molar refractivity (Wildman–Crippen MR) is 91.5 cm³/mol. The minimum absolute atomic E-state index is 0.843. The molecule has 2 rings (SSSR count). The quantitative estimate of drug-likeness (QED) is 0.814. The van der Waals surface area contributed by atoms with Crippen molar-refractivity contribution in [3.8, 4) is 0 Å². The Kier molecular flexibility index (Phi) is 6.71. The van der Waals surface area contributed by atoms with Gasteiger partial charge in [0, 0.05) is 19.6 Å². The summed E-state index contributed by atoms with van der Waals surface area (Å²) in [7, 11) is 0. The van der Waals surface area contributed by atoms with Crippen LogP contribution in [0.3, 0.4) is 0 Å². The van der Waals surface area contributed by atoms with E-state index in [1.54, 1.807) is 0 Å². The summed E-state index contributed by atoms with van der Waals surface area (Å²) >= 11 is 3.73. The molecule has 1 aromatic heterocycles. The van der Waals surface area contributed by atoms with Gasteiger partial charge in [0.2, 0.25) is 0 Å². The molecule has 0 bridgehead atoms. The highest BCUT2D eigenvalue weighted by Gasteiger charge is 2.20. The number of halogens is 1. The average Bonchev–Trinajstić information content (AvgIpc) is 2.76. The highest BCUT2D eigenvalue weighted by molar-refractivity contribution is 9.10. The number of hydrogen-bond acceptors (Lipinski definition) is 3. The zero-order valence-corrected chi connectivity index (χ0v) is 15.2. The van der Waals surface area contributed by atoms with Gasteiger partial charge in [0.15, 0.2) is 0 Å². The van der Waals surface area contributed by atoms with Crippen LogP contribution in [0.1, 0.15) is 44.5 Å². The lowest BCUT2D eigenvalue weighted by atomic mass is 9.97. The molecule has 21 heavy (non-hydrogen) atoms. The Morgan fingerprint density at radius 2 is 2.05 bits per heavy atom. The average molecular weight is 357 g/mol. The number of piperidine rings is 1. The first-order valence-electron chi connectivity index (χ1n) is 8.30. The first-order valence-corrected chi connectivity index (χ1v) is 9.09. The van der Waals surface area contributed by atoms with Crippen molar-refractivity contribution in [1.82, 2.24) is 20.0 Å². The Hall–Kier alpha value is -0.390.